The molecule has 3 aromatic rings. The predicted octanol–water partition coefficient (Wildman–Crippen LogP) is 3.68. The minimum absolute atomic E-state index is 0.245. The van der Waals surface area contributed by atoms with Gasteiger partial charge in [-0.3, -0.25) is 4.79 Å². The number of aromatic nitrogens is 2. The molecule has 0 saturated heterocycles. The number of hydrogen-bond donors (Lipinski definition) is 2. The van der Waals surface area contributed by atoms with Gasteiger partial charge in [-0.05, 0) is 23.8 Å². The Balaban J connectivity index is 1.54. The van der Waals surface area contributed by atoms with Crippen LogP contribution in [0.3, 0.4) is 0 Å². The molecule has 27 heavy (non-hydrogen) atoms. The third kappa shape index (κ3) is 5.18. The Kier molecular flexibility index (Phi) is 6.22. The second-order valence-electron chi connectivity index (χ2n) is 5.77. The molecule has 1 amide bonds. The Hall–Kier alpha value is -3.12. The zero-order valence-electron chi connectivity index (χ0n) is 14.8. The van der Waals surface area contributed by atoms with Crippen molar-refractivity contribution in [2.24, 2.45) is 0 Å². The minimum Gasteiger partial charge on any atom is -0.496 e. The number of ether oxygens (including phenoxy) is 1. The number of halogens is 1. The lowest BCUT2D eigenvalue weighted by Gasteiger charge is -2.10. The maximum absolute atomic E-state index is 12.3. The monoisotopic (exact) mass is 382 g/mol. The van der Waals surface area contributed by atoms with Crippen molar-refractivity contribution in [3.63, 3.8) is 0 Å². The SMILES string of the molecule is COc1ccccc1CNC(=O)c1cnc(NCc2ccc(Cl)cc2)nc1. The predicted molar refractivity (Wildman–Crippen MR) is 105 cm³/mol. The lowest BCUT2D eigenvalue weighted by atomic mass is 10.2. The van der Waals surface area contributed by atoms with E-state index in [1.54, 1.807) is 7.11 Å². The number of benzene rings is 2. The van der Waals surface area contributed by atoms with Gasteiger partial charge in [-0.1, -0.05) is 41.9 Å². The number of nitrogens with one attached hydrogen (secondary N) is 2. The standard InChI is InChI=1S/C20H19ClN4O2/c1-27-18-5-3-2-4-15(18)11-22-19(26)16-12-24-20(25-13-16)23-10-14-6-8-17(21)9-7-14/h2-9,12-13H,10-11H2,1H3,(H,22,26)(H,23,24,25). The molecule has 6 nitrogen and oxygen atoms in total. The van der Waals surface area contributed by atoms with E-state index >= 15 is 0 Å². The van der Waals surface area contributed by atoms with Gasteiger partial charge in [-0.25, -0.2) is 9.97 Å². The van der Waals surface area contributed by atoms with Crippen LogP contribution in [-0.2, 0) is 13.1 Å². The number of anilines is 1. The van der Waals surface area contributed by atoms with E-state index in [2.05, 4.69) is 20.6 Å². The third-order valence-corrected chi connectivity index (χ3v) is 4.16. The molecule has 0 aliphatic carbocycles. The van der Waals surface area contributed by atoms with Gasteiger partial charge in [0.1, 0.15) is 5.75 Å². The third-order valence-electron chi connectivity index (χ3n) is 3.91. The van der Waals surface area contributed by atoms with Crippen LogP contribution in [0, 0.1) is 0 Å². The van der Waals surface area contributed by atoms with Crippen molar-refractivity contribution < 1.29 is 9.53 Å². The molecule has 3 rings (SSSR count). The Bertz CT molecular complexity index is 899. The fourth-order valence-electron chi connectivity index (χ4n) is 2.45. The molecule has 1 heterocycles. The van der Waals surface area contributed by atoms with Gasteiger partial charge >= 0.3 is 0 Å². The molecule has 0 atom stereocenters. The lowest BCUT2D eigenvalue weighted by molar-refractivity contribution is 0.0950. The van der Waals surface area contributed by atoms with E-state index in [4.69, 9.17) is 16.3 Å². The molecule has 0 aliphatic rings. The number of carbonyl (C=O) groups excluding carboxylic acids is 1. The summed E-state index contributed by atoms with van der Waals surface area (Å²) in [7, 11) is 1.60. The Morgan fingerprint density at radius 1 is 1.04 bits per heavy atom. The largest absolute Gasteiger partial charge is 0.496 e. The van der Waals surface area contributed by atoms with Crippen molar-refractivity contribution in [3.8, 4) is 5.75 Å². The zero-order chi connectivity index (χ0) is 19.1. The van der Waals surface area contributed by atoms with Crippen molar-refractivity contribution >= 4 is 23.5 Å². The number of nitrogens with zero attached hydrogens (tertiary/aromatic N) is 2. The molecule has 0 spiro atoms. The normalized spacial score (nSPS) is 10.3. The van der Waals surface area contributed by atoms with Crippen molar-refractivity contribution in [3.05, 3.63) is 82.6 Å². The number of carbonyl (C=O) groups is 1. The highest BCUT2D eigenvalue weighted by Crippen LogP contribution is 2.17. The highest BCUT2D eigenvalue weighted by atomic mass is 35.5. The summed E-state index contributed by atoms with van der Waals surface area (Å²) in [6.07, 6.45) is 2.99. The first-order valence-corrected chi connectivity index (χ1v) is 8.74. The molecule has 2 N–H and O–H groups in total. The van der Waals surface area contributed by atoms with Gasteiger partial charge < -0.3 is 15.4 Å². The van der Waals surface area contributed by atoms with E-state index in [0.717, 1.165) is 16.9 Å². The van der Waals surface area contributed by atoms with Crippen LogP contribution in [0.25, 0.3) is 0 Å². The fourth-order valence-corrected chi connectivity index (χ4v) is 2.57. The smallest absolute Gasteiger partial charge is 0.254 e. The van der Waals surface area contributed by atoms with Crippen LogP contribution in [0.15, 0.2) is 60.9 Å². The summed E-state index contributed by atoms with van der Waals surface area (Å²) in [5, 5.41) is 6.64. The van der Waals surface area contributed by atoms with Crippen LogP contribution in [0.1, 0.15) is 21.5 Å². The fraction of sp³-hybridized carbons (Fsp3) is 0.150. The first-order valence-electron chi connectivity index (χ1n) is 8.36. The summed E-state index contributed by atoms with van der Waals surface area (Å²) in [5.41, 5.74) is 2.35. The zero-order valence-corrected chi connectivity index (χ0v) is 15.5. The first-order chi connectivity index (χ1) is 13.2. The van der Waals surface area contributed by atoms with Gasteiger partial charge in [-0.2, -0.15) is 0 Å². The maximum atomic E-state index is 12.3. The lowest BCUT2D eigenvalue weighted by Crippen LogP contribution is -2.23. The topological polar surface area (TPSA) is 76.1 Å². The summed E-state index contributed by atoms with van der Waals surface area (Å²) in [6, 6.07) is 15.0. The molecule has 138 valence electrons. The highest BCUT2D eigenvalue weighted by Gasteiger charge is 2.09. The van der Waals surface area contributed by atoms with Gasteiger partial charge in [0.2, 0.25) is 5.95 Å². The van der Waals surface area contributed by atoms with Crippen LogP contribution < -0.4 is 15.4 Å². The van der Waals surface area contributed by atoms with Crippen molar-refractivity contribution in [1.82, 2.24) is 15.3 Å². The molecule has 1 aromatic heterocycles. The van der Waals surface area contributed by atoms with E-state index in [-0.39, 0.29) is 5.91 Å². The van der Waals surface area contributed by atoms with Gasteiger partial charge in [0.05, 0.1) is 12.7 Å². The molecule has 0 fully saturated rings. The minimum atomic E-state index is -0.245. The highest BCUT2D eigenvalue weighted by molar-refractivity contribution is 6.30. The maximum Gasteiger partial charge on any atom is 0.254 e. The summed E-state index contributed by atoms with van der Waals surface area (Å²) in [6.45, 7) is 0.927. The first kappa shape index (κ1) is 18.7. The average molecular weight is 383 g/mol. The summed E-state index contributed by atoms with van der Waals surface area (Å²) in [4.78, 5) is 20.6. The average Bonchev–Trinajstić information content (AvgIpc) is 2.72. The van der Waals surface area contributed by atoms with Gasteiger partial charge in [0, 0.05) is 36.1 Å². The summed E-state index contributed by atoms with van der Waals surface area (Å²) >= 11 is 5.87. The van der Waals surface area contributed by atoms with Gasteiger partial charge in [-0.15, -0.1) is 0 Å². The van der Waals surface area contributed by atoms with E-state index in [1.165, 1.54) is 12.4 Å². The quantitative estimate of drug-likeness (QED) is 0.651. The summed E-state index contributed by atoms with van der Waals surface area (Å²) in [5.74, 6) is 0.937. The molecular formula is C20H19ClN4O2. The van der Waals surface area contributed by atoms with E-state index in [9.17, 15) is 4.79 Å². The number of para-hydroxylation sites is 1. The van der Waals surface area contributed by atoms with Crippen LogP contribution >= 0.6 is 11.6 Å². The van der Waals surface area contributed by atoms with Gasteiger partial charge in [0.15, 0.2) is 0 Å². The number of methoxy groups -OCH3 is 1. The second kappa shape index (κ2) is 9.00. The Labute approximate surface area is 162 Å². The Morgan fingerprint density at radius 2 is 1.74 bits per heavy atom. The van der Waals surface area contributed by atoms with Crippen LogP contribution in [0.2, 0.25) is 5.02 Å². The van der Waals surface area contributed by atoms with E-state index in [0.29, 0.717) is 29.6 Å². The number of rotatable bonds is 7. The van der Waals surface area contributed by atoms with Crippen LogP contribution in [0.5, 0.6) is 5.75 Å². The van der Waals surface area contributed by atoms with Crippen molar-refractivity contribution in [1.29, 1.82) is 0 Å². The molecule has 2 aromatic carbocycles. The molecule has 0 radical (unpaired) electrons. The van der Waals surface area contributed by atoms with E-state index < -0.39 is 0 Å². The molecule has 0 saturated carbocycles. The van der Waals surface area contributed by atoms with E-state index in [1.807, 2.05) is 48.5 Å². The molecule has 0 bridgehead atoms. The molecule has 7 heteroatoms. The van der Waals surface area contributed by atoms with Crippen LogP contribution in [-0.4, -0.2) is 23.0 Å². The van der Waals surface area contributed by atoms with Crippen molar-refractivity contribution in [2.75, 3.05) is 12.4 Å². The molecule has 0 aliphatic heterocycles. The number of hydrogen-bond acceptors (Lipinski definition) is 5. The Morgan fingerprint density at radius 3 is 2.44 bits per heavy atom. The number of amides is 1. The van der Waals surface area contributed by atoms with Crippen LogP contribution in [0.4, 0.5) is 5.95 Å². The van der Waals surface area contributed by atoms with Crippen molar-refractivity contribution in [2.45, 2.75) is 13.1 Å². The molecular weight excluding hydrogens is 364 g/mol. The molecule has 0 unspecified atom stereocenters. The van der Waals surface area contributed by atoms with Gasteiger partial charge in [0.25, 0.3) is 5.91 Å². The second-order valence-corrected chi connectivity index (χ2v) is 6.21. The summed E-state index contributed by atoms with van der Waals surface area (Å²) < 4.78 is 5.28.